The van der Waals surface area contributed by atoms with Gasteiger partial charge in [0.2, 0.25) is 5.91 Å². The Morgan fingerprint density at radius 3 is 2.65 bits per heavy atom. The molecule has 0 spiro atoms. The Balaban J connectivity index is 2.79. The first-order chi connectivity index (χ1) is 9.35. The molecule has 0 heterocycles. The van der Waals surface area contributed by atoms with Crippen LogP contribution in [0.4, 0.5) is 5.69 Å². The molecule has 0 atom stereocenters. The summed E-state index contributed by atoms with van der Waals surface area (Å²) in [5, 5.41) is 2.80. The van der Waals surface area contributed by atoms with Gasteiger partial charge in [0.05, 0.1) is 5.56 Å². The van der Waals surface area contributed by atoms with Crippen LogP contribution in [0, 0.1) is 25.2 Å². The van der Waals surface area contributed by atoms with Gasteiger partial charge in [0.25, 0.3) is 0 Å². The predicted molar refractivity (Wildman–Crippen MR) is 84.8 cm³/mol. The van der Waals surface area contributed by atoms with Crippen LogP contribution < -0.4 is 11.1 Å². The molecule has 0 saturated heterocycles. The van der Waals surface area contributed by atoms with E-state index in [4.69, 9.17) is 12.2 Å². The number of rotatable bonds is 5. The van der Waals surface area contributed by atoms with Crippen LogP contribution >= 0.6 is 0 Å². The highest BCUT2D eigenvalue weighted by Gasteiger charge is 2.09. The topological polar surface area (TPSA) is 55.1 Å². The number of terminal acetylenes is 1. The van der Waals surface area contributed by atoms with Gasteiger partial charge in [-0.2, -0.15) is 0 Å². The van der Waals surface area contributed by atoms with Crippen LogP contribution in [0.2, 0.25) is 0 Å². The van der Waals surface area contributed by atoms with Crippen LogP contribution in [0.3, 0.4) is 0 Å². The first kappa shape index (κ1) is 15.8. The average Bonchev–Trinajstić information content (AvgIpc) is 2.35. The number of hydrogen-bond acceptors (Lipinski definition) is 2. The van der Waals surface area contributed by atoms with E-state index in [0.717, 1.165) is 17.5 Å². The molecule has 1 aromatic carbocycles. The summed E-state index contributed by atoms with van der Waals surface area (Å²) in [7, 11) is 0. The summed E-state index contributed by atoms with van der Waals surface area (Å²) in [6.07, 6.45) is 6.76. The molecule has 1 rings (SSSR count). The van der Waals surface area contributed by atoms with Crippen molar-refractivity contribution in [1.82, 2.24) is 5.32 Å². The summed E-state index contributed by atoms with van der Waals surface area (Å²) in [4.78, 5) is 11.8. The largest absolute Gasteiger partial charge is 0.398 e. The summed E-state index contributed by atoms with van der Waals surface area (Å²) in [6.45, 7) is 9.96. The molecule has 3 N–H and O–H groups in total. The quantitative estimate of drug-likeness (QED) is 0.638. The maximum absolute atomic E-state index is 11.8. The van der Waals surface area contributed by atoms with Gasteiger partial charge in [-0.05, 0) is 42.5 Å². The number of carbonyl (C=O) groups is 1. The molecule has 0 aliphatic heterocycles. The van der Waals surface area contributed by atoms with E-state index in [1.54, 1.807) is 6.07 Å². The highest BCUT2D eigenvalue weighted by molar-refractivity contribution is 5.86. The standard InChI is InChI=1S/C17H22N2O/c1-6-15-12(4)9-14(10-16(15)18)13(5)19-17(20)8-7-11(2)3/h1,9-11H,5,7-8,18H2,2-4H3,(H,19,20). The third-order valence-corrected chi connectivity index (χ3v) is 3.10. The SMILES string of the molecule is C#Cc1c(C)cc(C(=C)NC(=O)CCC(C)C)cc1N. The van der Waals surface area contributed by atoms with Crippen LogP contribution in [-0.2, 0) is 4.79 Å². The van der Waals surface area contributed by atoms with Crippen molar-refractivity contribution in [2.24, 2.45) is 5.92 Å². The van der Waals surface area contributed by atoms with Crippen molar-refractivity contribution in [3.05, 3.63) is 35.4 Å². The summed E-state index contributed by atoms with van der Waals surface area (Å²) in [6, 6.07) is 3.63. The second kappa shape index (κ2) is 6.81. The van der Waals surface area contributed by atoms with Crippen LogP contribution in [0.25, 0.3) is 5.70 Å². The molecule has 106 valence electrons. The second-order valence-electron chi connectivity index (χ2n) is 5.36. The van der Waals surface area contributed by atoms with Crippen molar-refractivity contribution in [2.75, 3.05) is 5.73 Å². The number of amides is 1. The minimum Gasteiger partial charge on any atom is -0.398 e. The van der Waals surface area contributed by atoms with E-state index in [1.165, 1.54) is 0 Å². The van der Waals surface area contributed by atoms with Crippen molar-refractivity contribution in [3.63, 3.8) is 0 Å². The van der Waals surface area contributed by atoms with Crippen molar-refractivity contribution in [3.8, 4) is 12.3 Å². The molecule has 20 heavy (non-hydrogen) atoms. The van der Waals surface area contributed by atoms with E-state index >= 15 is 0 Å². The molecule has 0 aliphatic carbocycles. The maximum atomic E-state index is 11.8. The lowest BCUT2D eigenvalue weighted by atomic mass is 10.0. The Hall–Kier alpha value is -2.21. The molecule has 0 aromatic heterocycles. The van der Waals surface area contributed by atoms with Gasteiger partial charge >= 0.3 is 0 Å². The molecule has 0 radical (unpaired) electrons. The van der Waals surface area contributed by atoms with Crippen LogP contribution in [0.15, 0.2) is 18.7 Å². The Morgan fingerprint density at radius 2 is 2.15 bits per heavy atom. The minimum absolute atomic E-state index is 0.0269. The number of nitrogens with one attached hydrogen (secondary N) is 1. The van der Waals surface area contributed by atoms with E-state index in [9.17, 15) is 4.79 Å². The third kappa shape index (κ3) is 4.17. The van der Waals surface area contributed by atoms with E-state index < -0.39 is 0 Å². The zero-order chi connectivity index (χ0) is 15.3. The molecule has 0 unspecified atom stereocenters. The lowest BCUT2D eigenvalue weighted by molar-refractivity contribution is -0.120. The Morgan fingerprint density at radius 1 is 1.50 bits per heavy atom. The van der Waals surface area contributed by atoms with Crippen molar-refractivity contribution >= 4 is 17.3 Å². The monoisotopic (exact) mass is 270 g/mol. The summed E-state index contributed by atoms with van der Waals surface area (Å²) >= 11 is 0. The molecular weight excluding hydrogens is 248 g/mol. The highest BCUT2D eigenvalue weighted by Crippen LogP contribution is 2.22. The smallest absolute Gasteiger partial charge is 0.224 e. The lowest BCUT2D eigenvalue weighted by Crippen LogP contribution is -2.21. The summed E-state index contributed by atoms with van der Waals surface area (Å²) in [5.74, 6) is 3.04. The third-order valence-electron chi connectivity index (χ3n) is 3.10. The normalized spacial score (nSPS) is 10.2. The van der Waals surface area contributed by atoms with Crippen molar-refractivity contribution in [2.45, 2.75) is 33.6 Å². The van der Waals surface area contributed by atoms with Crippen LogP contribution in [0.5, 0.6) is 0 Å². The fourth-order valence-electron chi connectivity index (χ4n) is 1.91. The Bertz CT molecular complexity index is 542. The van der Waals surface area contributed by atoms with Gasteiger partial charge < -0.3 is 11.1 Å². The van der Waals surface area contributed by atoms with Gasteiger partial charge in [-0.1, -0.05) is 26.3 Å². The van der Waals surface area contributed by atoms with Gasteiger partial charge in [-0.3, -0.25) is 4.79 Å². The molecule has 1 amide bonds. The van der Waals surface area contributed by atoms with E-state index in [1.807, 2.05) is 13.0 Å². The zero-order valence-corrected chi connectivity index (χ0v) is 12.4. The maximum Gasteiger partial charge on any atom is 0.224 e. The van der Waals surface area contributed by atoms with Gasteiger partial charge in [-0.25, -0.2) is 0 Å². The fourth-order valence-corrected chi connectivity index (χ4v) is 1.91. The van der Waals surface area contributed by atoms with E-state index in [2.05, 4.69) is 31.7 Å². The molecule has 0 aliphatic rings. The first-order valence-electron chi connectivity index (χ1n) is 6.71. The number of nitrogens with two attached hydrogens (primary N) is 1. The van der Waals surface area contributed by atoms with Gasteiger partial charge in [0.15, 0.2) is 0 Å². The predicted octanol–water partition coefficient (Wildman–Crippen LogP) is 3.08. The Kier molecular flexibility index (Phi) is 5.40. The molecule has 0 fully saturated rings. The first-order valence-corrected chi connectivity index (χ1v) is 6.71. The molecule has 3 nitrogen and oxygen atoms in total. The minimum atomic E-state index is -0.0269. The van der Waals surface area contributed by atoms with Gasteiger partial charge in [0, 0.05) is 17.8 Å². The van der Waals surface area contributed by atoms with Gasteiger partial charge in [-0.15, -0.1) is 6.42 Å². The van der Waals surface area contributed by atoms with E-state index in [-0.39, 0.29) is 5.91 Å². The van der Waals surface area contributed by atoms with Gasteiger partial charge in [0.1, 0.15) is 0 Å². The Labute approximate surface area is 121 Å². The summed E-state index contributed by atoms with van der Waals surface area (Å²) < 4.78 is 0. The fraction of sp³-hybridized carbons (Fsp3) is 0.353. The number of carbonyl (C=O) groups excluding carboxylic acids is 1. The average molecular weight is 270 g/mol. The molecule has 3 heteroatoms. The number of anilines is 1. The highest BCUT2D eigenvalue weighted by atomic mass is 16.1. The van der Waals surface area contributed by atoms with E-state index in [0.29, 0.717) is 29.3 Å². The number of hydrogen-bond donors (Lipinski definition) is 2. The molecule has 0 bridgehead atoms. The molecule has 1 aromatic rings. The number of benzene rings is 1. The van der Waals surface area contributed by atoms with Crippen LogP contribution in [0.1, 0.15) is 43.4 Å². The second-order valence-corrected chi connectivity index (χ2v) is 5.36. The zero-order valence-electron chi connectivity index (χ0n) is 12.4. The van der Waals surface area contributed by atoms with Crippen LogP contribution in [-0.4, -0.2) is 5.91 Å². The van der Waals surface area contributed by atoms with Crippen molar-refractivity contribution in [1.29, 1.82) is 0 Å². The molecule has 0 saturated carbocycles. The molecular formula is C17H22N2O. The lowest BCUT2D eigenvalue weighted by Gasteiger charge is -2.12. The number of aryl methyl sites for hydroxylation is 1. The number of nitrogen functional groups attached to an aromatic ring is 1. The summed E-state index contributed by atoms with van der Waals surface area (Å²) in [5.41, 5.74) is 9.36. The van der Waals surface area contributed by atoms with Crippen molar-refractivity contribution < 1.29 is 4.79 Å².